The van der Waals surface area contributed by atoms with Crippen LogP contribution in [0.5, 0.6) is 0 Å². The number of imide groups is 3. The summed E-state index contributed by atoms with van der Waals surface area (Å²) in [7, 11) is 0. The molecular weight excluding hydrogens is 1780 g/mol. The number of carbonyl (C=O) groups excluding carboxylic acids is 11. The van der Waals surface area contributed by atoms with Gasteiger partial charge in [-0.1, -0.05) is 54.1 Å². The highest BCUT2D eigenvalue weighted by Gasteiger charge is 2.39. The number of nitrogens with zero attached hydrogens (tertiary/aromatic N) is 16. The highest BCUT2D eigenvalue weighted by Crippen LogP contribution is 2.36. The number of hydrogen-bond donors (Lipinski definition) is 18. The highest BCUT2D eigenvalue weighted by atomic mass is 35.5. The van der Waals surface area contributed by atoms with Gasteiger partial charge in [0.2, 0.25) is 0 Å². The molecule has 3 aliphatic heterocycles. The van der Waals surface area contributed by atoms with E-state index < -0.39 is 65.0 Å². The molecule has 16 aromatic rings. The quantitative estimate of drug-likeness (QED) is 0.0270. The van der Waals surface area contributed by atoms with Crippen LogP contribution in [0.3, 0.4) is 0 Å². The van der Waals surface area contributed by atoms with Crippen LogP contribution in [0.2, 0.25) is 5.15 Å². The molecule has 682 valence electrons. The zero-order chi connectivity index (χ0) is 99.0. The van der Waals surface area contributed by atoms with E-state index in [9.17, 15) is 62.6 Å². The molecule has 0 atom stereocenters. The lowest BCUT2D eigenvalue weighted by Crippen LogP contribution is -2.29. The van der Waals surface area contributed by atoms with Gasteiger partial charge in [0.05, 0.1) is 117 Å². The van der Waals surface area contributed by atoms with E-state index in [4.69, 9.17) is 119 Å². The molecule has 0 aliphatic carbocycles. The molecule has 0 fully saturated rings. The molecule has 0 radical (unpaired) electrons. The minimum absolute atomic E-state index is 0.0144. The van der Waals surface area contributed by atoms with Crippen LogP contribution in [0, 0.1) is 14.7 Å². The first-order chi connectivity index (χ1) is 64.7. The predicted octanol–water partition coefficient (Wildman–Crippen LogP) is 7.68. The van der Waals surface area contributed by atoms with E-state index in [1.807, 2.05) is 6.07 Å². The van der Waals surface area contributed by atoms with Gasteiger partial charge in [0, 0.05) is 34.1 Å². The van der Waals surface area contributed by atoms with Gasteiger partial charge in [-0.15, -0.1) is 14.7 Å². The Kier molecular flexibility index (Phi) is 29.3. The van der Waals surface area contributed by atoms with Crippen molar-refractivity contribution in [3.8, 4) is 0 Å². The maximum atomic E-state index is 12.5. The first-order valence-electron chi connectivity index (χ1n) is 38.5. The molecular formula is C87H72ClN33O15. The monoisotopic (exact) mass is 1850 g/mol. The molecule has 0 spiro atoms. The molecule has 8 heterocycles. The maximum absolute atomic E-state index is 12.5. The lowest BCUT2D eigenvalue weighted by atomic mass is 10.1. The molecule has 11 aromatic carbocycles. The Labute approximate surface area is 767 Å². The lowest BCUT2D eigenvalue weighted by Gasteiger charge is -2.14. The van der Waals surface area contributed by atoms with Crippen LogP contribution < -0.4 is 112 Å². The number of primary amides is 5. The topological polar surface area (TPSA) is 877 Å². The number of carbonyl (C=O) groups is 11. The van der Waals surface area contributed by atoms with Crippen LogP contribution in [0.4, 0.5) is 97.2 Å². The van der Waals surface area contributed by atoms with Crippen molar-refractivity contribution < 1.29 is 57.9 Å². The molecule has 0 saturated heterocycles. The van der Waals surface area contributed by atoms with Gasteiger partial charge in [0.15, 0.2) is 62.2 Å². The molecule has 35 N–H and O–H groups in total. The van der Waals surface area contributed by atoms with E-state index in [1.165, 1.54) is 47.8 Å². The molecule has 0 saturated carbocycles. The number of rotatable bonds is 10. The van der Waals surface area contributed by atoms with E-state index in [0.717, 1.165) is 14.7 Å². The van der Waals surface area contributed by atoms with Crippen LogP contribution in [-0.2, 0) is 0 Å². The van der Waals surface area contributed by atoms with Gasteiger partial charge in [0.25, 0.3) is 65.0 Å². The van der Waals surface area contributed by atoms with E-state index in [2.05, 4.69) is 60.2 Å². The number of aromatic nitrogens is 10. The summed E-state index contributed by atoms with van der Waals surface area (Å²) < 4.78 is 0. The summed E-state index contributed by atoms with van der Waals surface area (Å²) in [4.78, 5) is 203. The van der Waals surface area contributed by atoms with Crippen molar-refractivity contribution in [1.29, 1.82) is 0 Å². The number of anilines is 15. The lowest BCUT2D eigenvalue weighted by molar-refractivity contribution is 0.0910. The summed E-state index contributed by atoms with van der Waals surface area (Å²) >= 11 is 5.92. The van der Waals surface area contributed by atoms with Crippen molar-refractivity contribution in [3.05, 3.63) is 306 Å². The van der Waals surface area contributed by atoms with Crippen molar-refractivity contribution in [2.75, 3.05) is 83.5 Å². The summed E-state index contributed by atoms with van der Waals surface area (Å²) in [5.41, 5.74) is 103. The van der Waals surface area contributed by atoms with Crippen molar-refractivity contribution >= 4 is 229 Å². The number of hydrogen-bond acceptors (Lipinski definition) is 39. The van der Waals surface area contributed by atoms with Gasteiger partial charge in [-0.05, 0) is 192 Å². The minimum Gasteiger partial charge on any atom is -0.399 e. The fraction of sp³-hybridized carbons (Fsp3) is 0. The summed E-state index contributed by atoms with van der Waals surface area (Å²) in [5.74, 6) is -6.39. The van der Waals surface area contributed by atoms with Gasteiger partial charge in [-0.3, -0.25) is 52.7 Å². The van der Waals surface area contributed by atoms with Crippen molar-refractivity contribution in [3.63, 3.8) is 0 Å². The fourth-order valence-electron chi connectivity index (χ4n) is 12.7. The Bertz CT molecular complexity index is 6950. The zero-order valence-electron chi connectivity index (χ0n) is 69.9. The Morgan fingerprint density at radius 2 is 0.478 bits per heavy atom. The van der Waals surface area contributed by atoms with Gasteiger partial charge in [-0.2, -0.15) is 0 Å². The molecule has 11 amide bonds. The van der Waals surface area contributed by atoms with Gasteiger partial charge in [0.1, 0.15) is 11.4 Å². The largest absolute Gasteiger partial charge is 0.399 e. The van der Waals surface area contributed by atoms with Crippen LogP contribution in [0.25, 0.3) is 55.2 Å². The number of nitroso groups, excluding NO2 is 2. The van der Waals surface area contributed by atoms with Crippen LogP contribution in [0.1, 0.15) is 115 Å². The van der Waals surface area contributed by atoms with E-state index in [1.54, 1.807) is 176 Å². The Morgan fingerprint density at radius 3 is 0.713 bits per heavy atom. The van der Waals surface area contributed by atoms with Gasteiger partial charge < -0.3 is 103 Å². The summed E-state index contributed by atoms with van der Waals surface area (Å²) in [5, 5.41) is 13.1. The summed E-state index contributed by atoms with van der Waals surface area (Å²) in [6.07, 6.45) is 0. The van der Waals surface area contributed by atoms with Crippen molar-refractivity contribution in [1.82, 2.24) is 49.8 Å². The Morgan fingerprint density at radius 1 is 0.257 bits per heavy atom. The second-order valence-corrected chi connectivity index (χ2v) is 28.4. The third-order valence-electron chi connectivity index (χ3n) is 18.9. The third kappa shape index (κ3) is 21.6. The van der Waals surface area contributed by atoms with Crippen molar-refractivity contribution in [2.24, 2.45) is 44.4 Å². The van der Waals surface area contributed by atoms with E-state index >= 15 is 0 Å². The van der Waals surface area contributed by atoms with Crippen LogP contribution in [-0.4, -0.2) is 120 Å². The molecule has 48 nitrogen and oxygen atoms in total. The number of benzene rings is 11. The standard InChI is InChI=1S/C17H9ClN4O3.2C17H11N5O3.2C9H9N5O.2C6H7N3O.C6H8N2.HNO2/c3*18-14-13(15(19)23)20-11-6-5-8(7-12(11)21-14)22-16(24)9-3-1-2-4-10(9)17(22)25;2*10-4-1-2-5-6(3-4)14-8(11)7(13-5)9(12)15;2*7-4-1-2-6(9-10)5(8)3-4;7-5-2-1-3-6(8)4-5;2-1-3/h1-7H,(H2,19,23);2*1-7H,(H2,18,21)(H2,19,23);2*1-3H,10H2,(H2,11,14)(H2,12,15);2*1-3H,7-8H2;1-4H,7-8H2;(H,2,3). The van der Waals surface area contributed by atoms with Crippen LogP contribution >= 0.6 is 11.6 Å². The average Bonchev–Trinajstić information content (AvgIpc) is 1.58. The number of nitrogens with two attached hydrogens (primary N) is 17. The smallest absolute Gasteiger partial charge is 0.271 e. The van der Waals surface area contributed by atoms with Gasteiger partial charge in [-0.25, -0.2) is 64.5 Å². The summed E-state index contributed by atoms with van der Waals surface area (Å²) in [6.45, 7) is 0. The molecule has 3 aliphatic rings. The first-order valence-corrected chi connectivity index (χ1v) is 38.9. The van der Waals surface area contributed by atoms with E-state index in [0.29, 0.717) is 151 Å². The van der Waals surface area contributed by atoms with Crippen molar-refractivity contribution in [2.45, 2.75) is 0 Å². The third-order valence-corrected chi connectivity index (χ3v) is 19.2. The van der Waals surface area contributed by atoms with Gasteiger partial charge >= 0.3 is 0 Å². The average molecular weight is 1860 g/mol. The Balaban J connectivity index is 0.000000153. The number of fused-ring (bicyclic) bond motifs is 8. The molecule has 0 bridgehead atoms. The Hall–Kier alpha value is -20.6. The van der Waals surface area contributed by atoms with Crippen LogP contribution in [0.15, 0.2) is 240 Å². The first kappa shape index (κ1) is 96.0. The zero-order valence-corrected chi connectivity index (χ0v) is 70.6. The maximum Gasteiger partial charge on any atom is 0.271 e. The highest BCUT2D eigenvalue weighted by molar-refractivity contribution is 6.37. The predicted molar refractivity (Wildman–Crippen MR) is 509 cm³/mol. The normalized spacial score (nSPS) is 11.6. The second kappa shape index (κ2) is 41.4. The number of nitrogen functional groups attached to an aromatic ring is 12. The number of halogens is 1. The fourth-order valence-corrected chi connectivity index (χ4v) is 13.0. The molecule has 136 heavy (non-hydrogen) atoms. The molecule has 19 rings (SSSR count). The summed E-state index contributed by atoms with van der Waals surface area (Å²) in [6, 6.07) is 59.8. The SMILES string of the molecule is NC(=O)c1nc2ccc(N)cc2nc1N.NC(=O)c1nc2ccc(N)cc2nc1N.NC(=O)c1nc2ccc(N3C(=O)c4ccccc4C3=O)cc2nc1Cl.NC(=O)c1nc2ccc(N3C(=O)c4ccccc4C3=O)cc2nc1N.NC(=O)c1nc2ccc(N3C(=O)c4ccccc4C3=O)cc2nc1N.Nc1ccc(N=O)c(N)c1.Nc1ccc(N=O)c(N)c1.Nc1cccc(N)c1.O=NO. The van der Waals surface area contributed by atoms with E-state index in [-0.39, 0.29) is 68.3 Å². The second-order valence-electron chi connectivity index (χ2n) is 28.1. The molecule has 5 aromatic heterocycles. The minimum atomic E-state index is -0.788. The number of amides is 11. The molecule has 49 heteroatoms. The molecule has 0 unspecified atom stereocenters.